The lowest BCUT2D eigenvalue weighted by molar-refractivity contribution is 0.0904. The first-order valence-corrected chi connectivity index (χ1v) is 10.9. The van der Waals surface area contributed by atoms with Gasteiger partial charge in [-0.2, -0.15) is 0 Å². The van der Waals surface area contributed by atoms with E-state index in [0.29, 0.717) is 17.9 Å². The zero-order valence-electron chi connectivity index (χ0n) is 16.5. The summed E-state index contributed by atoms with van der Waals surface area (Å²) in [5.41, 5.74) is 1.95. The molecule has 0 saturated carbocycles. The van der Waals surface area contributed by atoms with E-state index in [-0.39, 0.29) is 11.9 Å². The van der Waals surface area contributed by atoms with E-state index >= 15 is 0 Å². The van der Waals surface area contributed by atoms with E-state index in [0.717, 1.165) is 49.8 Å². The Labute approximate surface area is 176 Å². The highest BCUT2D eigenvalue weighted by Gasteiger charge is 2.22. The van der Waals surface area contributed by atoms with Gasteiger partial charge in [0, 0.05) is 30.1 Å². The highest BCUT2D eigenvalue weighted by Crippen LogP contribution is 2.24. The van der Waals surface area contributed by atoms with Crippen molar-refractivity contribution >= 4 is 21.8 Å². The van der Waals surface area contributed by atoms with Crippen LogP contribution in [0.25, 0.3) is 0 Å². The zero-order chi connectivity index (χ0) is 19.8. The molecule has 0 radical (unpaired) electrons. The summed E-state index contributed by atoms with van der Waals surface area (Å²) >= 11 is 3.47. The number of nitrogens with zero attached hydrogens (tertiary/aromatic N) is 1. The number of benzene rings is 2. The molecule has 1 fully saturated rings. The Bertz CT molecular complexity index is 758. The Morgan fingerprint density at radius 1 is 1.18 bits per heavy atom. The van der Waals surface area contributed by atoms with Crippen LogP contribution in [0, 0.1) is 0 Å². The standard InChI is InChI=1S/C23H29BrN2O2/c1-2-3-15-28-22-10-9-19(24)16-21(22)23(27)25-20-11-13-26(14-12-20)17-18-7-5-4-6-8-18/h4-10,16,20H,2-3,11-15,17H2,1H3,(H,25,27). The predicted molar refractivity (Wildman–Crippen MR) is 117 cm³/mol. The molecule has 0 aromatic heterocycles. The minimum absolute atomic E-state index is 0.0469. The van der Waals surface area contributed by atoms with Gasteiger partial charge < -0.3 is 10.1 Å². The Morgan fingerprint density at radius 2 is 1.93 bits per heavy atom. The molecular weight excluding hydrogens is 416 g/mol. The summed E-state index contributed by atoms with van der Waals surface area (Å²) in [5.74, 6) is 0.616. The predicted octanol–water partition coefficient (Wildman–Crippen LogP) is 5.02. The SMILES string of the molecule is CCCCOc1ccc(Br)cc1C(=O)NC1CCN(Cc2ccccc2)CC1. The molecule has 4 nitrogen and oxygen atoms in total. The lowest BCUT2D eigenvalue weighted by Crippen LogP contribution is -2.44. The van der Waals surface area contributed by atoms with E-state index in [1.54, 1.807) is 0 Å². The lowest BCUT2D eigenvalue weighted by Gasteiger charge is -2.32. The number of halogens is 1. The maximum Gasteiger partial charge on any atom is 0.255 e. The molecule has 1 N–H and O–H groups in total. The molecule has 1 amide bonds. The molecule has 0 atom stereocenters. The van der Waals surface area contributed by atoms with Crippen molar-refractivity contribution in [2.24, 2.45) is 0 Å². The monoisotopic (exact) mass is 444 g/mol. The van der Waals surface area contributed by atoms with Gasteiger partial charge in [-0.3, -0.25) is 9.69 Å². The molecule has 1 aliphatic heterocycles. The summed E-state index contributed by atoms with van der Waals surface area (Å²) in [6.07, 6.45) is 3.99. The van der Waals surface area contributed by atoms with Gasteiger partial charge in [-0.25, -0.2) is 0 Å². The molecule has 1 heterocycles. The molecule has 1 aliphatic rings. The van der Waals surface area contributed by atoms with Crippen molar-refractivity contribution in [2.75, 3.05) is 19.7 Å². The van der Waals surface area contributed by atoms with Gasteiger partial charge >= 0.3 is 0 Å². The maximum absolute atomic E-state index is 12.9. The second-order valence-corrected chi connectivity index (χ2v) is 8.27. The van der Waals surface area contributed by atoms with Gasteiger partial charge in [0.25, 0.3) is 5.91 Å². The number of hydrogen-bond donors (Lipinski definition) is 1. The summed E-state index contributed by atoms with van der Waals surface area (Å²) < 4.78 is 6.72. The van der Waals surface area contributed by atoms with Crippen molar-refractivity contribution in [3.8, 4) is 5.75 Å². The van der Waals surface area contributed by atoms with Crippen molar-refractivity contribution in [3.05, 3.63) is 64.1 Å². The zero-order valence-corrected chi connectivity index (χ0v) is 18.1. The summed E-state index contributed by atoms with van der Waals surface area (Å²) in [5, 5.41) is 3.21. The fourth-order valence-corrected chi connectivity index (χ4v) is 3.83. The number of nitrogens with one attached hydrogen (secondary N) is 1. The third-order valence-electron chi connectivity index (χ3n) is 5.11. The van der Waals surface area contributed by atoms with Gasteiger partial charge in [-0.15, -0.1) is 0 Å². The number of amides is 1. The van der Waals surface area contributed by atoms with Crippen LogP contribution in [0.15, 0.2) is 53.0 Å². The number of hydrogen-bond acceptors (Lipinski definition) is 3. The largest absolute Gasteiger partial charge is 0.493 e. The molecule has 2 aromatic carbocycles. The van der Waals surface area contributed by atoms with Crippen molar-refractivity contribution in [2.45, 2.75) is 45.2 Å². The summed E-state index contributed by atoms with van der Waals surface area (Å²) in [4.78, 5) is 15.3. The molecule has 28 heavy (non-hydrogen) atoms. The fraction of sp³-hybridized carbons (Fsp3) is 0.435. The van der Waals surface area contributed by atoms with Crippen LogP contribution < -0.4 is 10.1 Å². The third-order valence-corrected chi connectivity index (χ3v) is 5.61. The molecule has 0 bridgehead atoms. The molecule has 1 saturated heterocycles. The van der Waals surface area contributed by atoms with Gasteiger partial charge in [0.05, 0.1) is 12.2 Å². The number of carbonyl (C=O) groups is 1. The summed E-state index contributed by atoms with van der Waals surface area (Å²) in [6, 6.07) is 16.4. The van der Waals surface area contributed by atoms with Crippen LogP contribution in [0.3, 0.4) is 0 Å². The Hall–Kier alpha value is -1.85. The topological polar surface area (TPSA) is 41.6 Å². The number of carbonyl (C=O) groups excluding carboxylic acids is 1. The van der Waals surface area contributed by atoms with Gasteiger partial charge in [0.2, 0.25) is 0 Å². The van der Waals surface area contributed by atoms with Crippen LogP contribution in [0.2, 0.25) is 0 Å². The lowest BCUT2D eigenvalue weighted by atomic mass is 10.0. The van der Waals surface area contributed by atoms with Crippen molar-refractivity contribution in [1.82, 2.24) is 10.2 Å². The first-order valence-electron chi connectivity index (χ1n) is 10.1. The van der Waals surface area contributed by atoms with Crippen molar-refractivity contribution in [3.63, 3.8) is 0 Å². The third kappa shape index (κ3) is 6.08. The second-order valence-electron chi connectivity index (χ2n) is 7.35. The Kier molecular flexibility index (Phi) is 7.92. The average molecular weight is 445 g/mol. The minimum atomic E-state index is -0.0469. The van der Waals surface area contributed by atoms with E-state index in [9.17, 15) is 4.79 Å². The first-order chi connectivity index (χ1) is 13.7. The molecule has 2 aromatic rings. The molecule has 0 unspecified atom stereocenters. The van der Waals surface area contributed by atoms with E-state index < -0.39 is 0 Å². The molecule has 5 heteroatoms. The van der Waals surface area contributed by atoms with Crippen LogP contribution in [0.4, 0.5) is 0 Å². The first kappa shape index (κ1) is 20.9. The summed E-state index contributed by atoms with van der Waals surface area (Å²) in [6.45, 7) is 5.73. The van der Waals surface area contributed by atoms with E-state index in [4.69, 9.17) is 4.74 Å². The molecule has 3 rings (SSSR count). The second kappa shape index (κ2) is 10.6. The Balaban J connectivity index is 1.53. The van der Waals surface area contributed by atoms with E-state index in [1.165, 1.54) is 5.56 Å². The van der Waals surface area contributed by atoms with Crippen LogP contribution in [0.5, 0.6) is 5.75 Å². The van der Waals surface area contributed by atoms with E-state index in [2.05, 4.69) is 57.3 Å². The quantitative estimate of drug-likeness (QED) is 0.580. The Morgan fingerprint density at radius 3 is 2.64 bits per heavy atom. The van der Waals surface area contributed by atoms with Crippen molar-refractivity contribution < 1.29 is 9.53 Å². The number of unbranched alkanes of at least 4 members (excludes halogenated alkanes) is 1. The molecule has 0 spiro atoms. The van der Waals surface area contributed by atoms with Crippen LogP contribution >= 0.6 is 15.9 Å². The molecule has 0 aliphatic carbocycles. The fourth-order valence-electron chi connectivity index (χ4n) is 3.47. The highest BCUT2D eigenvalue weighted by molar-refractivity contribution is 9.10. The minimum Gasteiger partial charge on any atom is -0.493 e. The van der Waals surface area contributed by atoms with Crippen LogP contribution in [-0.2, 0) is 6.54 Å². The molecular formula is C23H29BrN2O2. The van der Waals surface area contributed by atoms with Crippen LogP contribution in [0.1, 0.15) is 48.5 Å². The van der Waals surface area contributed by atoms with Gasteiger partial charge in [-0.1, -0.05) is 59.6 Å². The number of rotatable bonds is 8. The molecule has 150 valence electrons. The van der Waals surface area contributed by atoms with E-state index in [1.807, 2.05) is 24.3 Å². The highest BCUT2D eigenvalue weighted by atomic mass is 79.9. The smallest absolute Gasteiger partial charge is 0.255 e. The summed E-state index contributed by atoms with van der Waals surface area (Å²) in [7, 11) is 0. The number of piperidine rings is 1. The van der Waals surface area contributed by atoms with Gasteiger partial charge in [0.15, 0.2) is 0 Å². The average Bonchev–Trinajstić information content (AvgIpc) is 2.71. The maximum atomic E-state index is 12.9. The van der Waals surface area contributed by atoms with Crippen molar-refractivity contribution in [1.29, 1.82) is 0 Å². The van der Waals surface area contributed by atoms with Gasteiger partial charge in [-0.05, 0) is 43.0 Å². The number of ether oxygens (including phenoxy) is 1. The normalized spacial score (nSPS) is 15.4. The van der Waals surface area contributed by atoms with Gasteiger partial charge in [0.1, 0.15) is 5.75 Å². The van der Waals surface area contributed by atoms with Crippen LogP contribution in [-0.4, -0.2) is 36.5 Å². The number of likely N-dealkylation sites (tertiary alicyclic amines) is 1.